The van der Waals surface area contributed by atoms with Crippen LogP contribution in [0.4, 0.5) is 5.13 Å². The van der Waals surface area contributed by atoms with Crippen LogP contribution in [0.3, 0.4) is 0 Å². The molecule has 0 unspecified atom stereocenters. The van der Waals surface area contributed by atoms with Crippen LogP contribution in [0.1, 0.15) is 101 Å². The van der Waals surface area contributed by atoms with Gasteiger partial charge in [-0.25, -0.2) is 0 Å². The molecule has 9 nitrogen and oxygen atoms in total. The van der Waals surface area contributed by atoms with Gasteiger partial charge in [-0.3, -0.25) is 9.59 Å². The van der Waals surface area contributed by atoms with E-state index in [1.165, 1.54) is 18.3 Å². The summed E-state index contributed by atoms with van der Waals surface area (Å²) in [6, 6.07) is 0. The molecule has 1 saturated carbocycles. The molecule has 2 heterocycles. The number of amides is 2. The van der Waals surface area contributed by atoms with Crippen LogP contribution in [-0.2, 0) is 21.5 Å². The number of hydrogen-bond donors (Lipinski definition) is 2. The second-order valence-corrected chi connectivity index (χ2v) is 9.21. The van der Waals surface area contributed by atoms with Crippen molar-refractivity contribution in [3.63, 3.8) is 0 Å². The topological polar surface area (TPSA) is 123 Å². The first kappa shape index (κ1) is 23.3. The number of carbonyl (C=O) groups excluding carboxylic acids is 2. The van der Waals surface area contributed by atoms with Crippen LogP contribution >= 0.6 is 11.3 Å². The fourth-order valence-electron chi connectivity index (χ4n) is 4.11. The van der Waals surface area contributed by atoms with Gasteiger partial charge in [0.1, 0.15) is 10.5 Å². The van der Waals surface area contributed by atoms with Gasteiger partial charge in [-0.2, -0.15) is 4.98 Å². The van der Waals surface area contributed by atoms with E-state index in [1.807, 2.05) is 0 Å². The minimum absolute atomic E-state index is 0.0996. The molecule has 1 fully saturated rings. The molecule has 3 rings (SSSR count). The lowest BCUT2D eigenvalue weighted by atomic mass is 9.89. The first-order chi connectivity index (χ1) is 15.0. The van der Waals surface area contributed by atoms with E-state index < -0.39 is 5.54 Å². The van der Waals surface area contributed by atoms with Crippen LogP contribution in [-0.4, -0.2) is 32.2 Å². The zero-order chi connectivity index (χ0) is 22.3. The molecule has 2 aromatic heterocycles. The summed E-state index contributed by atoms with van der Waals surface area (Å²) in [5, 5.41) is 19.8. The maximum absolute atomic E-state index is 12.3. The number of nitrogens with one attached hydrogen (secondary N) is 2. The lowest BCUT2D eigenvalue weighted by molar-refractivity contribution is -0.121. The van der Waals surface area contributed by atoms with Crippen LogP contribution in [0, 0.1) is 0 Å². The van der Waals surface area contributed by atoms with Gasteiger partial charge in [0.2, 0.25) is 22.8 Å². The summed E-state index contributed by atoms with van der Waals surface area (Å²) in [6.07, 6.45) is 8.40. The van der Waals surface area contributed by atoms with Gasteiger partial charge in [0.15, 0.2) is 5.82 Å². The SMILES string of the molecule is CCC(CC)c1nnc(NC(=O)CCc2nc(C3(NC(C)=O)CCCCCC3)no2)s1. The van der Waals surface area contributed by atoms with Crippen LogP contribution in [0.2, 0.25) is 0 Å². The molecule has 2 aromatic rings. The zero-order valence-electron chi connectivity index (χ0n) is 18.6. The Balaban J connectivity index is 1.59. The van der Waals surface area contributed by atoms with Crippen molar-refractivity contribution < 1.29 is 14.1 Å². The molecule has 0 atom stereocenters. The van der Waals surface area contributed by atoms with E-state index in [1.54, 1.807) is 0 Å². The molecule has 0 radical (unpaired) electrons. The summed E-state index contributed by atoms with van der Waals surface area (Å²) in [7, 11) is 0. The highest BCUT2D eigenvalue weighted by molar-refractivity contribution is 7.15. The van der Waals surface area contributed by atoms with E-state index in [0.717, 1.165) is 56.4 Å². The Hall–Kier alpha value is -2.36. The van der Waals surface area contributed by atoms with E-state index in [4.69, 9.17) is 4.52 Å². The number of carbonyl (C=O) groups is 2. The molecule has 0 saturated heterocycles. The molecule has 10 heteroatoms. The van der Waals surface area contributed by atoms with Crippen LogP contribution in [0.5, 0.6) is 0 Å². The Morgan fingerprint density at radius 3 is 2.48 bits per heavy atom. The molecule has 0 bridgehead atoms. The highest BCUT2D eigenvalue weighted by Gasteiger charge is 2.38. The minimum atomic E-state index is -0.579. The second-order valence-electron chi connectivity index (χ2n) is 8.20. The maximum atomic E-state index is 12.3. The largest absolute Gasteiger partial charge is 0.343 e. The average Bonchev–Trinajstić information content (AvgIpc) is 3.34. The third-order valence-electron chi connectivity index (χ3n) is 5.86. The quantitative estimate of drug-likeness (QED) is 0.554. The molecule has 2 amide bonds. The van der Waals surface area contributed by atoms with E-state index in [2.05, 4.69) is 44.8 Å². The van der Waals surface area contributed by atoms with Gasteiger partial charge in [-0.1, -0.05) is 56.0 Å². The summed E-state index contributed by atoms with van der Waals surface area (Å²) in [5.74, 6) is 1.02. The van der Waals surface area contributed by atoms with Crippen molar-refractivity contribution in [3.05, 3.63) is 16.7 Å². The Labute approximate surface area is 186 Å². The van der Waals surface area contributed by atoms with Crippen molar-refractivity contribution in [1.29, 1.82) is 0 Å². The van der Waals surface area contributed by atoms with Crippen molar-refractivity contribution in [1.82, 2.24) is 25.7 Å². The smallest absolute Gasteiger partial charge is 0.227 e. The number of aryl methyl sites for hydroxylation is 1. The predicted octanol–water partition coefficient (Wildman–Crippen LogP) is 4.08. The Morgan fingerprint density at radius 1 is 1.13 bits per heavy atom. The molecule has 31 heavy (non-hydrogen) atoms. The number of aromatic nitrogens is 4. The highest BCUT2D eigenvalue weighted by Crippen LogP contribution is 2.34. The van der Waals surface area contributed by atoms with Crippen LogP contribution in [0.25, 0.3) is 0 Å². The van der Waals surface area contributed by atoms with Crippen LogP contribution < -0.4 is 10.6 Å². The van der Waals surface area contributed by atoms with Gasteiger partial charge in [0, 0.05) is 25.7 Å². The van der Waals surface area contributed by atoms with E-state index in [-0.39, 0.29) is 18.2 Å². The number of anilines is 1. The van der Waals surface area contributed by atoms with Crippen molar-refractivity contribution in [2.24, 2.45) is 0 Å². The van der Waals surface area contributed by atoms with E-state index in [9.17, 15) is 9.59 Å². The van der Waals surface area contributed by atoms with Gasteiger partial charge < -0.3 is 15.2 Å². The lowest BCUT2D eigenvalue weighted by Crippen LogP contribution is -2.45. The third-order valence-corrected chi connectivity index (χ3v) is 6.86. The standard InChI is InChI=1S/C21H32N6O3S/c1-4-15(5-2)18-25-26-20(31-18)22-16(29)10-11-17-23-19(27-30-17)21(24-14(3)28)12-8-6-7-9-13-21/h15H,4-13H2,1-3H3,(H,24,28)(H,22,26,29). The summed E-state index contributed by atoms with van der Waals surface area (Å²) in [6.45, 7) is 5.76. The van der Waals surface area contributed by atoms with Gasteiger partial charge in [0.05, 0.1) is 0 Å². The molecule has 1 aliphatic carbocycles. The first-order valence-corrected chi connectivity index (χ1v) is 12.0. The van der Waals surface area contributed by atoms with Gasteiger partial charge in [-0.15, -0.1) is 10.2 Å². The summed E-state index contributed by atoms with van der Waals surface area (Å²) in [5.41, 5.74) is -0.579. The molecule has 1 aliphatic rings. The zero-order valence-corrected chi connectivity index (χ0v) is 19.4. The Bertz CT molecular complexity index is 868. The van der Waals surface area contributed by atoms with Gasteiger partial charge in [0.25, 0.3) is 0 Å². The lowest BCUT2D eigenvalue weighted by Gasteiger charge is -2.30. The summed E-state index contributed by atoms with van der Waals surface area (Å²) < 4.78 is 5.41. The fourth-order valence-corrected chi connectivity index (χ4v) is 5.14. The first-order valence-electron chi connectivity index (χ1n) is 11.2. The second kappa shape index (κ2) is 10.8. The Kier molecular flexibility index (Phi) is 8.11. The van der Waals surface area contributed by atoms with Gasteiger partial charge >= 0.3 is 0 Å². The molecule has 170 valence electrons. The van der Waals surface area contributed by atoms with Crippen molar-refractivity contribution in [2.75, 3.05) is 5.32 Å². The molecular weight excluding hydrogens is 416 g/mol. The Morgan fingerprint density at radius 2 is 1.84 bits per heavy atom. The van der Waals surface area contributed by atoms with Crippen molar-refractivity contribution >= 4 is 28.3 Å². The molecular formula is C21H32N6O3S. The van der Waals surface area contributed by atoms with E-state index in [0.29, 0.717) is 29.2 Å². The summed E-state index contributed by atoms with van der Waals surface area (Å²) >= 11 is 1.42. The summed E-state index contributed by atoms with van der Waals surface area (Å²) in [4.78, 5) is 28.7. The van der Waals surface area contributed by atoms with E-state index >= 15 is 0 Å². The normalized spacial score (nSPS) is 16.1. The maximum Gasteiger partial charge on any atom is 0.227 e. The number of rotatable bonds is 9. The number of nitrogens with zero attached hydrogens (tertiary/aromatic N) is 4. The third kappa shape index (κ3) is 6.09. The fraction of sp³-hybridized carbons (Fsp3) is 0.714. The van der Waals surface area contributed by atoms with Crippen LogP contribution in [0.15, 0.2) is 4.52 Å². The van der Waals surface area contributed by atoms with Gasteiger partial charge in [-0.05, 0) is 25.7 Å². The molecule has 2 N–H and O–H groups in total. The van der Waals surface area contributed by atoms with Crippen molar-refractivity contribution in [2.45, 2.75) is 96.4 Å². The average molecular weight is 449 g/mol. The number of hydrogen-bond acceptors (Lipinski definition) is 8. The molecule has 0 aromatic carbocycles. The predicted molar refractivity (Wildman–Crippen MR) is 118 cm³/mol. The highest BCUT2D eigenvalue weighted by atomic mass is 32.1. The molecule has 0 aliphatic heterocycles. The molecule has 0 spiro atoms. The van der Waals surface area contributed by atoms with Crippen molar-refractivity contribution in [3.8, 4) is 0 Å². The monoisotopic (exact) mass is 448 g/mol. The minimum Gasteiger partial charge on any atom is -0.343 e.